The van der Waals surface area contributed by atoms with Crippen molar-refractivity contribution >= 4 is 10.0 Å². The molecular weight excluding hydrogens is 364 g/mol. The normalized spacial score (nSPS) is 12.4. The van der Waals surface area contributed by atoms with Gasteiger partial charge in [0, 0.05) is 18.4 Å². The molecule has 0 aliphatic heterocycles. The Morgan fingerprint density at radius 3 is 2.33 bits per heavy atom. The highest BCUT2D eigenvalue weighted by molar-refractivity contribution is 7.89. The van der Waals surface area contributed by atoms with E-state index in [0.717, 1.165) is 22.6 Å². The van der Waals surface area contributed by atoms with Crippen LogP contribution in [0, 0.1) is 20.8 Å². The largest absolute Gasteiger partial charge is 0.495 e. The van der Waals surface area contributed by atoms with Crippen molar-refractivity contribution < 1.29 is 17.6 Å². The zero-order valence-electron chi connectivity index (χ0n) is 17.3. The Labute approximate surface area is 162 Å². The number of hydrogen-bond acceptors (Lipinski definition) is 5. The number of rotatable bonds is 7. The standard InChI is InChI=1S/C20H30N2O4S/c1-13-11-17(25-7)18(12-14(13)2)27(23,24)21-10-8-9-16-15(3)22-19(26-16)20(4,5)6/h11-12,21H,8-10H2,1-7H3. The van der Waals surface area contributed by atoms with Gasteiger partial charge in [-0.05, 0) is 50.5 Å². The van der Waals surface area contributed by atoms with Crippen molar-refractivity contribution in [2.75, 3.05) is 13.7 Å². The fraction of sp³-hybridized carbons (Fsp3) is 0.550. The van der Waals surface area contributed by atoms with Crippen LogP contribution in [0.25, 0.3) is 0 Å². The van der Waals surface area contributed by atoms with Gasteiger partial charge in [0.1, 0.15) is 16.4 Å². The van der Waals surface area contributed by atoms with Crippen LogP contribution in [0.1, 0.15) is 55.7 Å². The average molecular weight is 395 g/mol. The average Bonchev–Trinajstić information content (AvgIpc) is 2.95. The van der Waals surface area contributed by atoms with Gasteiger partial charge in [-0.15, -0.1) is 0 Å². The second kappa shape index (κ2) is 8.02. The first kappa shape index (κ1) is 21.4. The van der Waals surface area contributed by atoms with E-state index >= 15 is 0 Å². The van der Waals surface area contributed by atoms with E-state index in [1.54, 1.807) is 12.1 Å². The van der Waals surface area contributed by atoms with Gasteiger partial charge in [-0.3, -0.25) is 0 Å². The first-order chi connectivity index (χ1) is 12.5. The smallest absolute Gasteiger partial charge is 0.244 e. The van der Waals surface area contributed by atoms with E-state index in [0.29, 0.717) is 31.0 Å². The van der Waals surface area contributed by atoms with E-state index in [4.69, 9.17) is 9.15 Å². The molecule has 0 aliphatic carbocycles. The van der Waals surface area contributed by atoms with Crippen LogP contribution in [-0.4, -0.2) is 27.1 Å². The predicted octanol–water partition coefficient (Wildman–Crippen LogP) is 3.82. The molecule has 0 fully saturated rings. The molecule has 0 saturated heterocycles. The SMILES string of the molecule is COc1cc(C)c(C)cc1S(=O)(=O)NCCCc1oc(C(C)(C)C)nc1C. The fourth-order valence-corrected chi connectivity index (χ4v) is 3.95. The second-order valence-electron chi connectivity index (χ2n) is 7.87. The van der Waals surface area contributed by atoms with Crippen molar-refractivity contribution in [2.24, 2.45) is 0 Å². The summed E-state index contributed by atoms with van der Waals surface area (Å²) in [5, 5.41) is 0. The van der Waals surface area contributed by atoms with Crippen molar-refractivity contribution in [3.8, 4) is 5.75 Å². The maximum atomic E-state index is 12.7. The quantitative estimate of drug-likeness (QED) is 0.722. The molecule has 0 amide bonds. The third-order valence-electron chi connectivity index (χ3n) is 4.48. The van der Waals surface area contributed by atoms with E-state index in [1.807, 2.05) is 41.5 Å². The highest BCUT2D eigenvalue weighted by Crippen LogP contribution is 2.27. The minimum atomic E-state index is -3.65. The number of ether oxygens (including phenoxy) is 1. The van der Waals surface area contributed by atoms with Crippen LogP contribution in [0.2, 0.25) is 0 Å². The van der Waals surface area contributed by atoms with Crippen LogP contribution in [0.4, 0.5) is 0 Å². The third-order valence-corrected chi connectivity index (χ3v) is 5.96. The molecule has 0 unspecified atom stereocenters. The van der Waals surface area contributed by atoms with Crippen LogP contribution in [0.15, 0.2) is 21.4 Å². The number of aromatic nitrogens is 1. The lowest BCUT2D eigenvalue weighted by Crippen LogP contribution is -2.25. The number of methoxy groups -OCH3 is 1. The first-order valence-corrected chi connectivity index (χ1v) is 10.6. The van der Waals surface area contributed by atoms with Gasteiger partial charge < -0.3 is 9.15 Å². The maximum absolute atomic E-state index is 12.7. The first-order valence-electron chi connectivity index (χ1n) is 9.07. The minimum absolute atomic E-state index is 0.148. The molecule has 6 nitrogen and oxygen atoms in total. The molecule has 7 heteroatoms. The Hall–Kier alpha value is -1.86. The number of oxazole rings is 1. The van der Waals surface area contributed by atoms with Gasteiger partial charge in [0.05, 0.1) is 12.8 Å². The van der Waals surface area contributed by atoms with E-state index < -0.39 is 10.0 Å². The molecular formula is C20H30N2O4S. The molecule has 0 saturated carbocycles. The van der Waals surface area contributed by atoms with Crippen LogP contribution >= 0.6 is 0 Å². The molecule has 0 atom stereocenters. The van der Waals surface area contributed by atoms with Crippen molar-refractivity contribution in [3.63, 3.8) is 0 Å². The van der Waals surface area contributed by atoms with Gasteiger partial charge in [-0.25, -0.2) is 18.1 Å². The summed E-state index contributed by atoms with van der Waals surface area (Å²) in [7, 11) is -2.17. The van der Waals surface area contributed by atoms with Gasteiger partial charge in [0.15, 0.2) is 5.89 Å². The Morgan fingerprint density at radius 1 is 1.15 bits per heavy atom. The highest BCUT2D eigenvalue weighted by Gasteiger charge is 2.23. The van der Waals surface area contributed by atoms with Crippen LogP contribution in [0.5, 0.6) is 5.75 Å². The van der Waals surface area contributed by atoms with Gasteiger partial charge in [0.25, 0.3) is 0 Å². The van der Waals surface area contributed by atoms with E-state index in [-0.39, 0.29) is 10.3 Å². The summed E-state index contributed by atoms with van der Waals surface area (Å²) in [6.45, 7) is 12.2. The molecule has 1 heterocycles. The van der Waals surface area contributed by atoms with Crippen molar-refractivity contribution in [3.05, 3.63) is 40.6 Å². The Morgan fingerprint density at radius 2 is 1.78 bits per heavy atom. The minimum Gasteiger partial charge on any atom is -0.495 e. The zero-order valence-corrected chi connectivity index (χ0v) is 18.1. The molecule has 1 aromatic carbocycles. The van der Waals surface area contributed by atoms with E-state index in [1.165, 1.54) is 7.11 Å². The number of benzene rings is 1. The molecule has 0 bridgehead atoms. The molecule has 27 heavy (non-hydrogen) atoms. The number of sulfonamides is 1. The molecule has 0 aliphatic rings. The molecule has 1 N–H and O–H groups in total. The molecule has 2 aromatic rings. The Kier molecular flexibility index (Phi) is 6.37. The summed E-state index contributed by atoms with van der Waals surface area (Å²) in [5.74, 6) is 1.87. The lowest BCUT2D eigenvalue weighted by atomic mass is 9.97. The van der Waals surface area contributed by atoms with Crippen LogP contribution in [0.3, 0.4) is 0 Å². The Balaban J connectivity index is 2.03. The lowest BCUT2D eigenvalue weighted by Gasteiger charge is -2.13. The number of nitrogens with zero attached hydrogens (tertiary/aromatic N) is 1. The van der Waals surface area contributed by atoms with Crippen LogP contribution in [-0.2, 0) is 21.9 Å². The van der Waals surface area contributed by atoms with Crippen molar-refractivity contribution in [1.82, 2.24) is 9.71 Å². The number of nitrogens with one attached hydrogen (secondary N) is 1. The van der Waals surface area contributed by atoms with E-state index in [9.17, 15) is 8.42 Å². The predicted molar refractivity (Wildman–Crippen MR) is 106 cm³/mol. The topological polar surface area (TPSA) is 81.4 Å². The second-order valence-corrected chi connectivity index (χ2v) is 9.60. The van der Waals surface area contributed by atoms with Gasteiger partial charge in [-0.1, -0.05) is 20.8 Å². The molecule has 2 rings (SSSR count). The van der Waals surface area contributed by atoms with Crippen molar-refractivity contribution in [1.29, 1.82) is 0 Å². The molecule has 0 spiro atoms. The van der Waals surface area contributed by atoms with Gasteiger partial charge >= 0.3 is 0 Å². The summed E-state index contributed by atoms with van der Waals surface area (Å²) in [6.07, 6.45) is 1.24. The molecule has 0 radical (unpaired) electrons. The monoisotopic (exact) mass is 394 g/mol. The van der Waals surface area contributed by atoms with Crippen molar-refractivity contribution in [2.45, 2.75) is 64.7 Å². The summed E-state index contributed by atoms with van der Waals surface area (Å²) >= 11 is 0. The fourth-order valence-electron chi connectivity index (χ4n) is 2.65. The summed E-state index contributed by atoms with van der Waals surface area (Å²) < 4.78 is 39.1. The summed E-state index contributed by atoms with van der Waals surface area (Å²) in [6, 6.07) is 3.39. The Bertz CT molecular complexity index is 909. The summed E-state index contributed by atoms with van der Waals surface area (Å²) in [4.78, 5) is 4.64. The molecule has 150 valence electrons. The van der Waals surface area contributed by atoms with Crippen LogP contribution < -0.4 is 9.46 Å². The van der Waals surface area contributed by atoms with Gasteiger partial charge in [0.2, 0.25) is 10.0 Å². The number of hydrogen-bond donors (Lipinski definition) is 1. The molecule has 1 aromatic heterocycles. The summed E-state index contributed by atoms with van der Waals surface area (Å²) in [5.41, 5.74) is 2.60. The highest BCUT2D eigenvalue weighted by atomic mass is 32.2. The maximum Gasteiger partial charge on any atom is 0.244 e. The zero-order chi connectivity index (χ0) is 20.4. The third kappa shape index (κ3) is 5.11. The van der Waals surface area contributed by atoms with E-state index in [2.05, 4.69) is 9.71 Å². The number of aryl methyl sites for hydroxylation is 4. The lowest BCUT2D eigenvalue weighted by molar-refractivity contribution is 0.370. The van der Waals surface area contributed by atoms with Gasteiger partial charge in [-0.2, -0.15) is 0 Å².